The van der Waals surface area contributed by atoms with Crippen LogP contribution in [0.3, 0.4) is 0 Å². The molecule has 1 fully saturated rings. The summed E-state index contributed by atoms with van der Waals surface area (Å²) < 4.78 is 0. The summed E-state index contributed by atoms with van der Waals surface area (Å²) in [4.78, 5) is 15.5. The third-order valence-electron chi connectivity index (χ3n) is 2.94. The standard InChI is InChI=1S/C12H24N2O/c1-12(2,3)6-5-7-14-9-8-13(4)11(15)10-14/h5-10H2,1-4H3. The van der Waals surface area contributed by atoms with Crippen molar-refractivity contribution in [1.29, 1.82) is 0 Å². The SMILES string of the molecule is CN1CCN(CCCC(C)(C)C)CC1=O. The average molecular weight is 212 g/mol. The molecule has 0 saturated carbocycles. The lowest BCUT2D eigenvalue weighted by atomic mass is 9.90. The van der Waals surface area contributed by atoms with Crippen LogP contribution >= 0.6 is 0 Å². The minimum Gasteiger partial charge on any atom is -0.343 e. The van der Waals surface area contributed by atoms with E-state index in [0.29, 0.717) is 12.0 Å². The second-order valence-corrected chi connectivity index (χ2v) is 5.76. The Kier molecular flexibility index (Phi) is 4.14. The molecule has 1 amide bonds. The minimum absolute atomic E-state index is 0.261. The zero-order valence-electron chi connectivity index (χ0n) is 10.5. The normalized spacial score (nSPS) is 19.7. The van der Waals surface area contributed by atoms with Crippen molar-refractivity contribution < 1.29 is 4.79 Å². The van der Waals surface area contributed by atoms with Crippen molar-refractivity contribution in [3.63, 3.8) is 0 Å². The van der Waals surface area contributed by atoms with Gasteiger partial charge in [0.25, 0.3) is 0 Å². The van der Waals surface area contributed by atoms with E-state index in [1.807, 2.05) is 11.9 Å². The first-order valence-electron chi connectivity index (χ1n) is 5.85. The summed E-state index contributed by atoms with van der Waals surface area (Å²) >= 11 is 0. The number of hydrogen-bond acceptors (Lipinski definition) is 2. The van der Waals surface area contributed by atoms with E-state index in [9.17, 15) is 4.79 Å². The maximum atomic E-state index is 11.4. The van der Waals surface area contributed by atoms with Gasteiger partial charge in [0, 0.05) is 20.1 Å². The summed E-state index contributed by atoms with van der Waals surface area (Å²) in [5.41, 5.74) is 0.413. The largest absolute Gasteiger partial charge is 0.343 e. The number of carbonyl (C=O) groups excluding carboxylic acids is 1. The van der Waals surface area contributed by atoms with Crippen molar-refractivity contribution >= 4 is 5.91 Å². The predicted octanol–water partition coefficient (Wildman–Crippen LogP) is 1.59. The van der Waals surface area contributed by atoms with E-state index in [1.54, 1.807) is 0 Å². The van der Waals surface area contributed by atoms with Crippen molar-refractivity contribution in [3.8, 4) is 0 Å². The van der Waals surface area contributed by atoms with Crippen LogP contribution in [0.2, 0.25) is 0 Å². The Morgan fingerprint density at radius 2 is 1.93 bits per heavy atom. The maximum absolute atomic E-state index is 11.4. The first-order valence-corrected chi connectivity index (χ1v) is 5.85. The van der Waals surface area contributed by atoms with Gasteiger partial charge in [-0.1, -0.05) is 20.8 Å². The molecule has 1 aliphatic heterocycles. The molecule has 0 atom stereocenters. The molecule has 15 heavy (non-hydrogen) atoms. The highest BCUT2D eigenvalue weighted by Gasteiger charge is 2.20. The first kappa shape index (κ1) is 12.5. The summed E-state index contributed by atoms with van der Waals surface area (Å²) in [6, 6.07) is 0. The Morgan fingerprint density at radius 1 is 1.27 bits per heavy atom. The Morgan fingerprint density at radius 3 is 2.47 bits per heavy atom. The second kappa shape index (κ2) is 4.97. The molecule has 3 heteroatoms. The molecule has 0 bridgehead atoms. The Labute approximate surface area is 93.4 Å². The van der Waals surface area contributed by atoms with E-state index in [-0.39, 0.29) is 5.91 Å². The number of piperazine rings is 1. The van der Waals surface area contributed by atoms with Gasteiger partial charge in [0.1, 0.15) is 0 Å². The van der Waals surface area contributed by atoms with Gasteiger partial charge in [-0.25, -0.2) is 0 Å². The van der Waals surface area contributed by atoms with Crippen molar-refractivity contribution in [2.45, 2.75) is 33.6 Å². The number of rotatable bonds is 3. The number of hydrogen-bond donors (Lipinski definition) is 0. The maximum Gasteiger partial charge on any atom is 0.236 e. The number of carbonyl (C=O) groups is 1. The minimum atomic E-state index is 0.261. The van der Waals surface area contributed by atoms with Crippen molar-refractivity contribution in [1.82, 2.24) is 9.80 Å². The quantitative estimate of drug-likeness (QED) is 0.709. The fourth-order valence-electron chi connectivity index (χ4n) is 1.83. The number of amides is 1. The van der Waals surface area contributed by atoms with Crippen LogP contribution in [0.4, 0.5) is 0 Å². The van der Waals surface area contributed by atoms with Gasteiger partial charge in [0.05, 0.1) is 6.54 Å². The van der Waals surface area contributed by atoms with Crippen LogP contribution in [-0.4, -0.2) is 48.9 Å². The Balaban J connectivity index is 2.20. The van der Waals surface area contributed by atoms with Gasteiger partial charge in [-0.05, 0) is 24.8 Å². The molecular formula is C12H24N2O. The fraction of sp³-hybridized carbons (Fsp3) is 0.917. The highest BCUT2D eigenvalue weighted by Crippen LogP contribution is 2.20. The van der Waals surface area contributed by atoms with Crippen LogP contribution in [0.15, 0.2) is 0 Å². The Hall–Kier alpha value is -0.570. The lowest BCUT2D eigenvalue weighted by Gasteiger charge is -2.32. The fourth-order valence-corrected chi connectivity index (χ4v) is 1.83. The van der Waals surface area contributed by atoms with Crippen LogP contribution in [0.5, 0.6) is 0 Å². The van der Waals surface area contributed by atoms with Crippen molar-refractivity contribution in [3.05, 3.63) is 0 Å². The van der Waals surface area contributed by atoms with Gasteiger partial charge in [-0.2, -0.15) is 0 Å². The van der Waals surface area contributed by atoms with E-state index in [4.69, 9.17) is 0 Å². The summed E-state index contributed by atoms with van der Waals surface area (Å²) in [6.07, 6.45) is 2.42. The zero-order valence-corrected chi connectivity index (χ0v) is 10.5. The topological polar surface area (TPSA) is 23.6 Å². The molecule has 0 unspecified atom stereocenters. The molecule has 1 heterocycles. The predicted molar refractivity (Wildman–Crippen MR) is 62.8 cm³/mol. The van der Waals surface area contributed by atoms with E-state index in [0.717, 1.165) is 19.6 Å². The molecule has 0 aromatic rings. The van der Waals surface area contributed by atoms with Crippen LogP contribution in [0.25, 0.3) is 0 Å². The molecule has 1 saturated heterocycles. The van der Waals surface area contributed by atoms with Crippen molar-refractivity contribution in [2.24, 2.45) is 5.41 Å². The molecule has 1 aliphatic rings. The van der Waals surface area contributed by atoms with Gasteiger partial charge in [0.2, 0.25) is 5.91 Å². The number of likely N-dealkylation sites (N-methyl/N-ethyl adjacent to an activating group) is 1. The molecule has 1 rings (SSSR count). The van der Waals surface area contributed by atoms with E-state index >= 15 is 0 Å². The molecule has 3 nitrogen and oxygen atoms in total. The lowest BCUT2D eigenvalue weighted by molar-refractivity contribution is -0.134. The van der Waals surface area contributed by atoms with Crippen LogP contribution in [0.1, 0.15) is 33.6 Å². The highest BCUT2D eigenvalue weighted by atomic mass is 16.2. The Bertz CT molecular complexity index is 220. The monoisotopic (exact) mass is 212 g/mol. The summed E-state index contributed by atoms with van der Waals surface area (Å²) in [6.45, 7) is 10.4. The average Bonchev–Trinajstić information content (AvgIpc) is 2.09. The summed E-state index contributed by atoms with van der Waals surface area (Å²) in [5.74, 6) is 0.261. The first-order chi connectivity index (χ1) is 6.88. The van der Waals surface area contributed by atoms with Crippen LogP contribution in [0, 0.1) is 5.41 Å². The molecule has 0 spiro atoms. The van der Waals surface area contributed by atoms with Gasteiger partial charge in [-0.3, -0.25) is 9.69 Å². The van der Waals surface area contributed by atoms with Crippen LogP contribution < -0.4 is 0 Å². The third kappa shape index (κ3) is 4.65. The van der Waals surface area contributed by atoms with Gasteiger partial charge in [-0.15, -0.1) is 0 Å². The van der Waals surface area contributed by atoms with Crippen LogP contribution in [-0.2, 0) is 4.79 Å². The third-order valence-corrected chi connectivity index (χ3v) is 2.94. The van der Waals surface area contributed by atoms with E-state index in [2.05, 4.69) is 25.7 Å². The van der Waals surface area contributed by atoms with E-state index in [1.165, 1.54) is 12.8 Å². The summed E-state index contributed by atoms with van der Waals surface area (Å²) in [7, 11) is 1.88. The highest BCUT2D eigenvalue weighted by molar-refractivity contribution is 5.78. The van der Waals surface area contributed by atoms with Gasteiger partial charge < -0.3 is 4.90 Å². The van der Waals surface area contributed by atoms with Crippen molar-refractivity contribution in [2.75, 3.05) is 33.2 Å². The second-order valence-electron chi connectivity index (χ2n) is 5.76. The molecule has 0 aromatic carbocycles. The molecule has 0 aliphatic carbocycles. The van der Waals surface area contributed by atoms with Gasteiger partial charge in [0.15, 0.2) is 0 Å². The molecule has 0 radical (unpaired) electrons. The molecule has 0 N–H and O–H groups in total. The molecular weight excluding hydrogens is 188 g/mol. The number of nitrogens with zero attached hydrogens (tertiary/aromatic N) is 2. The smallest absolute Gasteiger partial charge is 0.236 e. The zero-order chi connectivity index (χ0) is 11.5. The van der Waals surface area contributed by atoms with E-state index < -0.39 is 0 Å². The summed E-state index contributed by atoms with van der Waals surface area (Å²) in [5, 5.41) is 0. The molecule has 0 aromatic heterocycles. The molecule has 88 valence electrons. The van der Waals surface area contributed by atoms with Gasteiger partial charge >= 0.3 is 0 Å². The lowest BCUT2D eigenvalue weighted by Crippen LogP contribution is -2.48.